The number of nitrogens with zero attached hydrogens (tertiary/aromatic N) is 4. The van der Waals surface area contributed by atoms with Gasteiger partial charge in [0.05, 0.1) is 5.52 Å². The van der Waals surface area contributed by atoms with Gasteiger partial charge in [0.1, 0.15) is 11.5 Å². The van der Waals surface area contributed by atoms with Crippen LogP contribution in [0.15, 0.2) is 47.0 Å². The van der Waals surface area contributed by atoms with E-state index in [2.05, 4.69) is 60.3 Å². The average Bonchev–Trinajstić information content (AvgIpc) is 3.46. The second kappa shape index (κ2) is 6.90. The summed E-state index contributed by atoms with van der Waals surface area (Å²) in [5, 5.41) is 12.6. The zero-order chi connectivity index (χ0) is 20.9. The molecule has 0 radical (unpaired) electrons. The molecular formula is C24H25N5O. The molecule has 30 heavy (non-hydrogen) atoms. The number of hydrogen-bond donors (Lipinski definition) is 1. The zero-order valence-corrected chi connectivity index (χ0v) is 17.7. The maximum absolute atomic E-state index is 5.84. The number of hydrogen-bond acceptors (Lipinski definition) is 6. The van der Waals surface area contributed by atoms with Gasteiger partial charge in [0.15, 0.2) is 0 Å². The molecule has 0 saturated heterocycles. The molecule has 0 amide bonds. The summed E-state index contributed by atoms with van der Waals surface area (Å²) < 4.78 is 5.84. The number of benzene rings is 1. The van der Waals surface area contributed by atoms with E-state index in [1.54, 1.807) is 6.20 Å². The van der Waals surface area contributed by atoms with Crippen molar-refractivity contribution in [3.05, 3.63) is 59.3 Å². The van der Waals surface area contributed by atoms with Crippen LogP contribution in [-0.4, -0.2) is 20.2 Å². The third-order valence-corrected chi connectivity index (χ3v) is 5.54. The fourth-order valence-corrected chi connectivity index (χ4v) is 3.77. The Kier molecular flexibility index (Phi) is 4.31. The summed E-state index contributed by atoms with van der Waals surface area (Å²) in [4.78, 5) is 9.20. The van der Waals surface area contributed by atoms with Crippen molar-refractivity contribution in [2.75, 3.05) is 5.32 Å². The SMILES string of the molecule is Cc1cc(-c2nnc(Nc3ccccn3)o2)nc2c(C(C)(C)C)cc(C3CC3)cc12. The Labute approximate surface area is 175 Å². The minimum atomic E-state index is -0.0122. The standard InChI is InChI=1S/C24H25N5O/c1-14-11-19(22-28-29-23(30-22)27-20-7-5-6-10-25-20)26-21-17(14)12-16(15-8-9-15)13-18(21)24(2,3)4/h5-7,10-13,15H,8-9H2,1-4H3,(H,25,27,29). The first-order valence-electron chi connectivity index (χ1n) is 10.4. The zero-order valence-electron chi connectivity index (χ0n) is 17.7. The van der Waals surface area contributed by atoms with Gasteiger partial charge < -0.3 is 4.42 Å². The second-order valence-corrected chi connectivity index (χ2v) is 9.07. The Morgan fingerprint density at radius 2 is 1.90 bits per heavy atom. The molecule has 0 aliphatic heterocycles. The predicted molar refractivity (Wildman–Crippen MR) is 118 cm³/mol. The van der Waals surface area contributed by atoms with Crippen LogP contribution in [0, 0.1) is 6.92 Å². The van der Waals surface area contributed by atoms with Crippen molar-refractivity contribution >= 4 is 22.7 Å². The Morgan fingerprint density at radius 1 is 1.07 bits per heavy atom. The first-order chi connectivity index (χ1) is 14.4. The number of fused-ring (bicyclic) bond motifs is 1. The van der Waals surface area contributed by atoms with E-state index in [4.69, 9.17) is 9.40 Å². The Hall–Kier alpha value is -3.28. The Morgan fingerprint density at radius 3 is 2.60 bits per heavy atom. The van der Waals surface area contributed by atoms with Gasteiger partial charge in [-0.25, -0.2) is 9.97 Å². The van der Waals surface area contributed by atoms with E-state index in [0.29, 0.717) is 29.3 Å². The van der Waals surface area contributed by atoms with Gasteiger partial charge in [0, 0.05) is 11.6 Å². The summed E-state index contributed by atoms with van der Waals surface area (Å²) >= 11 is 0. The minimum absolute atomic E-state index is 0.0122. The van der Waals surface area contributed by atoms with Crippen LogP contribution in [0.3, 0.4) is 0 Å². The molecule has 0 spiro atoms. The van der Waals surface area contributed by atoms with Crippen molar-refractivity contribution in [3.63, 3.8) is 0 Å². The molecule has 5 rings (SSSR count). The normalized spacial score (nSPS) is 14.3. The highest BCUT2D eigenvalue weighted by atomic mass is 16.4. The highest BCUT2D eigenvalue weighted by molar-refractivity contribution is 5.88. The topological polar surface area (TPSA) is 76.7 Å². The maximum atomic E-state index is 5.84. The quantitative estimate of drug-likeness (QED) is 0.460. The maximum Gasteiger partial charge on any atom is 0.321 e. The lowest BCUT2D eigenvalue weighted by atomic mass is 9.83. The molecule has 4 aromatic rings. The van der Waals surface area contributed by atoms with Gasteiger partial charge in [-0.05, 0) is 72.1 Å². The third kappa shape index (κ3) is 3.54. The van der Waals surface area contributed by atoms with Gasteiger partial charge in [-0.2, -0.15) is 0 Å². The first-order valence-corrected chi connectivity index (χ1v) is 10.4. The molecule has 0 atom stereocenters. The largest absolute Gasteiger partial charge is 0.401 e. The summed E-state index contributed by atoms with van der Waals surface area (Å²) in [5.41, 5.74) is 5.55. The molecule has 1 N–H and O–H groups in total. The van der Waals surface area contributed by atoms with Crippen LogP contribution in [0.4, 0.5) is 11.8 Å². The summed E-state index contributed by atoms with van der Waals surface area (Å²) in [6, 6.07) is 12.6. The Bertz CT molecular complexity index is 1220. The number of aromatic nitrogens is 4. The van der Waals surface area contributed by atoms with Gasteiger partial charge in [-0.15, -0.1) is 5.10 Å². The summed E-state index contributed by atoms with van der Waals surface area (Å²) in [6.07, 6.45) is 4.28. The van der Waals surface area contributed by atoms with E-state index < -0.39 is 0 Å². The molecule has 3 aromatic heterocycles. The number of anilines is 2. The van der Waals surface area contributed by atoms with E-state index >= 15 is 0 Å². The molecule has 1 fully saturated rings. The molecule has 6 nitrogen and oxygen atoms in total. The van der Waals surface area contributed by atoms with Crippen molar-refractivity contribution in [1.82, 2.24) is 20.2 Å². The molecular weight excluding hydrogens is 374 g/mol. The highest BCUT2D eigenvalue weighted by Gasteiger charge is 2.28. The fraction of sp³-hybridized carbons (Fsp3) is 0.333. The van der Waals surface area contributed by atoms with Crippen LogP contribution in [0.25, 0.3) is 22.5 Å². The van der Waals surface area contributed by atoms with Crippen molar-refractivity contribution in [2.24, 2.45) is 0 Å². The van der Waals surface area contributed by atoms with Crippen LogP contribution < -0.4 is 5.32 Å². The molecule has 152 valence electrons. The lowest BCUT2D eigenvalue weighted by Gasteiger charge is -2.23. The number of pyridine rings is 2. The van der Waals surface area contributed by atoms with Crippen molar-refractivity contribution in [2.45, 2.75) is 51.9 Å². The molecule has 0 unspecified atom stereocenters. The van der Waals surface area contributed by atoms with E-state index in [1.807, 2.05) is 24.3 Å². The lowest BCUT2D eigenvalue weighted by Crippen LogP contribution is -2.13. The number of rotatable bonds is 4. The van der Waals surface area contributed by atoms with Crippen molar-refractivity contribution in [3.8, 4) is 11.6 Å². The molecule has 0 bridgehead atoms. The first kappa shape index (κ1) is 18.7. The monoisotopic (exact) mass is 399 g/mol. The molecule has 6 heteroatoms. The predicted octanol–water partition coefficient (Wildman–Crippen LogP) is 5.91. The molecule has 3 heterocycles. The van der Waals surface area contributed by atoms with Gasteiger partial charge in [0.2, 0.25) is 0 Å². The number of aryl methyl sites for hydroxylation is 1. The molecule has 1 aromatic carbocycles. The molecule has 1 saturated carbocycles. The molecule has 1 aliphatic rings. The van der Waals surface area contributed by atoms with Crippen molar-refractivity contribution in [1.29, 1.82) is 0 Å². The summed E-state index contributed by atoms with van der Waals surface area (Å²) in [6.45, 7) is 8.84. The van der Waals surface area contributed by atoms with E-state index in [-0.39, 0.29) is 5.41 Å². The third-order valence-electron chi connectivity index (χ3n) is 5.54. The van der Waals surface area contributed by atoms with Crippen LogP contribution in [-0.2, 0) is 5.41 Å². The van der Waals surface area contributed by atoms with Crippen molar-refractivity contribution < 1.29 is 4.42 Å². The van der Waals surface area contributed by atoms with E-state index in [0.717, 1.165) is 5.52 Å². The Balaban J connectivity index is 1.58. The van der Waals surface area contributed by atoms with Crippen LogP contribution in [0.2, 0.25) is 0 Å². The minimum Gasteiger partial charge on any atom is -0.401 e. The van der Waals surface area contributed by atoms with Crippen LogP contribution in [0.1, 0.15) is 56.2 Å². The smallest absolute Gasteiger partial charge is 0.321 e. The fourth-order valence-electron chi connectivity index (χ4n) is 3.77. The van der Waals surface area contributed by atoms with Crippen LogP contribution in [0.5, 0.6) is 0 Å². The van der Waals surface area contributed by atoms with Gasteiger partial charge in [0.25, 0.3) is 5.89 Å². The highest BCUT2D eigenvalue weighted by Crippen LogP contribution is 2.44. The van der Waals surface area contributed by atoms with Gasteiger partial charge in [-0.1, -0.05) is 38.0 Å². The molecule has 1 aliphatic carbocycles. The van der Waals surface area contributed by atoms with E-state index in [1.165, 1.54) is 34.9 Å². The van der Waals surface area contributed by atoms with Gasteiger partial charge >= 0.3 is 6.01 Å². The van der Waals surface area contributed by atoms with E-state index in [9.17, 15) is 0 Å². The lowest BCUT2D eigenvalue weighted by molar-refractivity contribution is 0.583. The average molecular weight is 399 g/mol. The summed E-state index contributed by atoms with van der Waals surface area (Å²) in [7, 11) is 0. The summed E-state index contributed by atoms with van der Waals surface area (Å²) in [5.74, 6) is 1.74. The number of nitrogens with one attached hydrogen (secondary N) is 1. The van der Waals surface area contributed by atoms with Gasteiger partial charge in [-0.3, -0.25) is 5.32 Å². The second-order valence-electron chi connectivity index (χ2n) is 9.07. The van der Waals surface area contributed by atoms with Crippen LogP contribution >= 0.6 is 0 Å².